The van der Waals surface area contributed by atoms with Crippen LogP contribution in [0.1, 0.15) is 21.5 Å². The summed E-state index contributed by atoms with van der Waals surface area (Å²) in [6, 6.07) is 14.5. The van der Waals surface area contributed by atoms with Crippen molar-refractivity contribution in [2.24, 2.45) is 0 Å². The maximum atomic E-state index is 13.2. The molecule has 33 heavy (non-hydrogen) atoms. The molecule has 0 bridgehead atoms. The first-order valence-corrected chi connectivity index (χ1v) is 12.2. The highest BCUT2D eigenvalue weighted by Crippen LogP contribution is 2.35. The van der Waals surface area contributed by atoms with Crippen molar-refractivity contribution in [1.82, 2.24) is 14.9 Å². The van der Waals surface area contributed by atoms with Crippen molar-refractivity contribution >= 4 is 40.7 Å². The van der Waals surface area contributed by atoms with Crippen LogP contribution in [0.15, 0.2) is 53.7 Å². The molecule has 2 aromatic carbocycles. The molecule has 7 nitrogen and oxygen atoms in total. The van der Waals surface area contributed by atoms with E-state index >= 15 is 0 Å². The average molecular weight is 461 g/mol. The van der Waals surface area contributed by atoms with Gasteiger partial charge < -0.3 is 15.1 Å². The first kappa shape index (κ1) is 21.7. The fourth-order valence-electron chi connectivity index (χ4n) is 4.36. The van der Waals surface area contributed by atoms with E-state index < -0.39 is 0 Å². The Hall–Kier alpha value is -3.10. The highest BCUT2D eigenvalue weighted by molar-refractivity contribution is 7.99. The van der Waals surface area contributed by atoms with Crippen LogP contribution in [0.4, 0.5) is 23.0 Å². The molecule has 0 saturated carbocycles. The van der Waals surface area contributed by atoms with E-state index in [1.54, 1.807) is 18.0 Å². The van der Waals surface area contributed by atoms with Gasteiger partial charge in [-0.1, -0.05) is 30.0 Å². The van der Waals surface area contributed by atoms with Gasteiger partial charge in [0.2, 0.25) is 5.95 Å². The number of hydrogen-bond acceptors (Lipinski definition) is 7. The van der Waals surface area contributed by atoms with Crippen molar-refractivity contribution in [2.75, 3.05) is 54.2 Å². The number of para-hydroxylation sites is 1. The predicted molar refractivity (Wildman–Crippen MR) is 135 cm³/mol. The van der Waals surface area contributed by atoms with Crippen LogP contribution in [0.2, 0.25) is 0 Å². The van der Waals surface area contributed by atoms with Crippen LogP contribution in [0, 0.1) is 13.8 Å². The minimum atomic E-state index is -0.0516. The number of carbonyl (C=O) groups is 1. The second-order valence-corrected chi connectivity index (χ2v) is 9.56. The second kappa shape index (κ2) is 9.03. The van der Waals surface area contributed by atoms with E-state index in [1.807, 2.05) is 36.9 Å². The van der Waals surface area contributed by atoms with Gasteiger partial charge in [0.25, 0.3) is 5.91 Å². The number of nitrogens with one attached hydrogen (secondary N) is 1. The van der Waals surface area contributed by atoms with E-state index in [-0.39, 0.29) is 5.91 Å². The molecule has 3 heterocycles. The second-order valence-electron chi connectivity index (χ2n) is 8.62. The smallest absolute Gasteiger partial charge is 0.263 e. The van der Waals surface area contributed by atoms with Gasteiger partial charge in [-0.3, -0.25) is 9.69 Å². The molecule has 0 aliphatic carbocycles. The third kappa shape index (κ3) is 4.41. The lowest BCUT2D eigenvalue weighted by Gasteiger charge is -2.34. The highest BCUT2D eigenvalue weighted by atomic mass is 32.2. The molecule has 2 aliphatic rings. The number of hydrogen-bond donors (Lipinski definition) is 1. The Bertz CT molecular complexity index is 1150. The number of aromatic nitrogens is 2. The van der Waals surface area contributed by atoms with Crippen molar-refractivity contribution in [2.45, 2.75) is 18.9 Å². The monoisotopic (exact) mass is 460 g/mol. The summed E-state index contributed by atoms with van der Waals surface area (Å²) in [6.45, 7) is 8.33. The fourth-order valence-corrected chi connectivity index (χ4v) is 5.30. The number of benzene rings is 2. The Labute approximate surface area is 198 Å². The summed E-state index contributed by atoms with van der Waals surface area (Å²) in [6.07, 6.45) is 1.64. The molecule has 1 aromatic heterocycles. The van der Waals surface area contributed by atoms with E-state index in [4.69, 9.17) is 0 Å². The lowest BCUT2D eigenvalue weighted by molar-refractivity contribution is 0.0985. The van der Waals surface area contributed by atoms with Gasteiger partial charge in [0, 0.05) is 43.8 Å². The van der Waals surface area contributed by atoms with Gasteiger partial charge in [-0.2, -0.15) is 0 Å². The molecular weight excluding hydrogens is 432 g/mol. The zero-order valence-electron chi connectivity index (χ0n) is 19.2. The molecule has 0 unspecified atom stereocenters. The van der Waals surface area contributed by atoms with E-state index in [1.165, 1.54) is 5.69 Å². The number of amides is 1. The Kier molecular flexibility index (Phi) is 5.95. The van der Waals surface area contributed by atoms with Crippen LogP contribution >= 0.6 is 11.8 Å². The third-order valence-electron chi connectivity index (χ3n) is 6.26. The first-order chi connectivity index (χ1) is 16.0. The molecule has 1 amide bonds. The van der Waals surface area contributed by atoms with E-state index in [0.29, 0.717) is 22.4 Å². The van der Waals surface area contributed by atoms with Gasteiger partial charge in [-0.05, 0) is 56.3 Å². The van der Waals surface area contributed by atoms with Crippen molar-refractivity contribution in [3.8, 4) is 0 Å². The van der Waals surface area contributed by atoms with Crippen LogP contribution in [0.5, 0.6) is 0 Å². The number of fused-ring (bicyclic) bond motifs is 1. The predicted octanol–water partition coefficient (Wildman–Crippen LogP) is 4.30. The highest BCUT2D eigenvalue weighted by Gasteiger charge is 2.29. The number of carbonyl (C=O) groups excluding carboxylic acids is 1. The zero-order valence-corrected chi connectivity index (χ0v) is 20.0. The molecule has 0 spiro atoms. The molecule has 0 radical (unpaired) electrons. The maximum Gasteiger partial charge on any atom is 0.263 e. The van der Waals surface area contributed by atoms with Crippen molar-refractivity contribution < 1.29 is 4.79 Å². The van der Waals surface area contributed by atoms with Gasteiger partial charge in [-0.15, -0.1) is 0 Å². The van der Waals surface area contributed by atoms with E-state index in [9.17, 15) is 4.79 Å². The molecule has 5 rings (SSSR count). The Morgan fingerprint density at radius 1 is 0.970 bits per heavy atom. The van der Waals surface area contributed by atoms with Crippen LogP contribution in [-0.4, -0.2) is 59.9 Å². The molecule has 2 aliphatic heterocycles. The summed E-state index contributed by atoms with van der Waals surface area (Å²) in [5.41, 5.74) is 5.86. The summed E-state index contributed by atoms with van der Waals surface area (Å²) >= 11 is 1.56. The largest absolute Gasteiger partial charge is 0.369 e. The van der Waals surface area contributed by atoms with E-state index in [2.05, 4.69) is 56.4 Å². The minimum Gasteiger partial charge on any atom is -0.369 e. The normalized spacial score (nSPS) is 16.6. The SMILES string of the molecule is Cc1cccc(C)c1N1CSc2nc(Nc3ccc(N4CCN(C)CC4)cc3)ncc2C1=O. The number of anilines is 4. The Morgan fingerprint density at radius 3 is 2.36 bits per heavy atom. The van der Waals surface area contributed by atoms with Crippen LogP contribution in [-0.2, 0) is 0 Å². The van der Waals surface area contributed by atoms with Crippen molar-refractivity contribution in [3.63, 3.8) is 0 Å². The maximum absolute atomic E-state index is 13.2. The zero-order chi connectivity index (χ0) is 22.9. The van der Waals surface area contributed by atoms with Crippen LogP contribution in [0.3, 0.4) is 0 Å². The molecule has 1 N–H and O–H groups in total. The molecule has 8 heteroatoms. The van der Waals surface area contributed by atoms with Gasteiger partial charge in [0.15, 0.2) is 0 Å². The lowest BCUT2D eigenvalue weighted by atomic mass is 10.1. The summed E-state index contributed by atoms with van der Waals surface area (Å²) in [5.74, 6) is 0.986. The van der Waals surface area contributed by atoms with Crippen LogP contribution in [0.25, 0.3) is 0 Å². The lowest BCUT2D eigenvalue weighted by Crippen LogP contribution is -2.44. The molecular formula is C25H28N6OS. The minimum absolute atomic E-state index is 0.0516. The molecule has 170 valence electrons. The standard InChI is InChI=1S/C25H28N6OS/c1-17-5-4-6-18(2)22(17)31-16-33-23-21(24(31)32)15-26-25(28-23)27-19-7-9-20(10-8-19)30-13-11-29(3)12-14-30/h4-10,15H,11-14,16H2,1-3H3,(H,26,27,28). The summed E-state index contributed by atoms with van der Waals surface area (Å²) < 4.78 is 0. The van der Waals surface area contributed by atoms with Gasteiger partial charge in [0.05, 0.1) is 17.1 Å². The molecule has 1 saturated heterocycles. The van der Waals surface area contributed by atoms with Crippen LogP contribution < -0.4 is 15.1 Å². The molecule has 1 fully saturated rings. The number of piperazine rings is 1. The van der Waals surface area contributed by atoms with E-state index in [0.717, 1.165) is 48.7 Å². The Balaban J connectivity index is 1.30. The summed E-state index contributed by atoms with van der Waals surface area (Å²) in [4.78, 5) is 28.8. The topological polar surface area (TPSA) is 64.6 Å². The van der Waals surface area contributed by atoms with Gasteiger partial charge in [0.1, 0.15) is 5.03 Å². The molecule has 0 atom stereocenters. The first-order valence-electron chi connectivity index (χ1n) is 11.2. The number of thioether (sulfide) groups is 1. The number of rotatable bonds is 4. The van der Waals surface area contributed by atoms with Gasteiger partial charge >= 0.3 is 0 Å². The number of aryl methyl sites for hydroxylation is 2. The quantitative estimate of drug-likeness (QED) is 0.583. The Morgan fingerprint density at radius 2 is 1.67 bits per heavy atom. The van der Waals surface area contributed by atoms with Crippen molar-refractivity contribution in [1.29, 1.82) is 0 Å². The summed E-state index contributed by atoms with van der Waals surface area (Å²) in [7, 11) is 2.16. The molecule has 3 aromatic rings. The number of nitrogens with zero attached hydrogens (tertiary/aromatic N) is 5. The summed E-state index contributed by atoms with van der Waals surface area (Å²) in [5, 5.41) is 4.00. The van der Waals surface area contributed by atoms with Gasteiger partial charge in [-0.25, -0.2) is 9.97 Å². The fraction of sp³-hybridized carbons (Fsp3) is 0.320. The number of likely N-dealkylation sites (N-methyl/N-ethyl adjacent to an activating group) is 1. The van der Waals surface area contributed by atoms with Crippen molar-refractivity contribution in [3.05, 3.63) is 65.4 Å². The third-order valence-corrected chi connectivity index (χ3v) is 7.23. The average Bonchev–Trinajstić information content (AvgIpc) is 2.81.